The molecule has 0 heterocycles. The van der Waals surface area contributed by atoms with Crippen LogP contribution in [0.25, 0.3) is 0 Å². The molecule has 0 fully saturated rings. The maximum Gasteiger partial charge on any atom is 0.0636 e. The van der Waals surface area contributed by atoms with Crippen LogP contribution in [0.5, 0.6) is 0 Å². The maximum absolute atomic E-state index is 9.07. The van der Waals surface area contributed by atoms with Gasteiger partial charge in [-0.25, -0.2) is 0 Å². The van der Waals surface area contributed by atoms with Gasteiger partial charge in [0.25, 0.3) is 0 Å². The molecule has 1 unspecified atom stereocenters. The van der Waals surface area contributed by atoms with Crippen LogP contribution >= 0.6 is 0 Å². The Hall–Kier alpha value is -1.06. The number of anilines is 1. The molecule has 0 bridgehead atoms. The van der Waals surface area contributed by atoms with Gasteiger partial charge in [-0.2, -0.15) is 0 Å². The summed E-state index contributed by atoms with van der Waals surface area (Å²) in [6.45, 7) is 4.44. The molecular formula is C13H22N2O. The lowest BCUT2D eigenvalue weighted by Gasteiger charge is -2.19. The highest BCUT2D eigenvalue weighted by molar-refractivity contribution is 5.44. The van der Waals surface area contributed by atoms with Crippen LogP contribution in [0.15, 0.2) is 30.3 Å². The van der Waals surface area contributed by atoms with Gasteiger partial charge in [-0.15, -0.1) is 0 Å². The fraction of sp³-hybridized carbons (Fsp3) is 0.538. The van der Waals surface area contributed by atoms with E-state index in [-0.39, 0.29) is 6.10 Å². The molecule has 3 nitrogen and oxygen atoms in total. The van der Waals surface area contributed by atoms with E-state index in [0.717, 1.165) is 19.5 Å². The van der Waals surface area contributed by atoms with Crippen LogP contribution in [0.1, 0.15) is 13.3 Å². The van der Waals surface area contributed by atoms with Gasteiger partial charge in [-0.1, -0.05) is 18.2 Å². The summed E-state index contributed by atoms with van der Waals surface area (Å²) >= 11 is 0. The van der Waals surface area contributed by atoms with E-state index in [1.54, 1.807) is 6.92 Å². The molecule has 2 N–H and O–H groups in total. The van der Waals surface area contributed by atoms with Gasteiger partial charge < -0.3 is 15.3 Å². The van der Waals surface area contributed by atoms with Crippen LogP contribution < -0.4 is 10.2 Å². The zero-order valence-corrected chi connectivity index (χ0v) is 10.2. The Morgan fingerprint density at radius 1 is 1.31 bits per heavy atom. The van der Waals surface area contributed by atoms with Crippen molar-refractivity contribution in [1.29, 1.82) is 0 Å². The van der Waals surface area contributed by atoms with Gasteiger partial charge >= 0.3 is 0 Å². The Balaban J connectivity index is 2.14. The molecular weight excluding hydrogens is 200 g/mol. The molecule has 3 heteroatoms. The lowest BCUT2D eigenvalue weighted by atomic mass is 10.3. The molecule has 0 amide bonds. The largest absolute Gasteiger partial charge is 0.392 e. The summed E-state index contributed by atoms with van der Waals surface area (Å²) in [7, 11) is 2.10. The van der Waals surface area contributed by atoms with Gasteiger partial charge in [0.15, 0.2) is 0 Å². The van der Waals surface area contributed by atoms with Crippen molar-refractivity contribution in [2.45, 2.75) is 19.4 Å². The van der Waals surface area contributed by atoms with Crippen molar-refractivity contribution in [3.8, 4) is 0 Å². The van der Waals surface area contributed by atoms with E-state index in [0.29, 0.717) is 6.54 Å². The first kappa shape index (κ1) is 13.0. The minimum atomic E-state index is -0.258. The lowest BCUT2D eigenvalue weighted by Crippen LogP contribution is -2.28. The van der Waals surface area contributed by atoms with E-state index >= 15 is 0 Å². The van der Waals surface area contributed by atoms with E-state index in [2.05, 4.69) is 41.5 Å². The predicted molar refractivity (Wildman–Crippen MR) is 68.9 cm³/mol. The number of para-hydroxylation sites is 1. The number of hydrogen-bond donors (Lipinski definition) is 2. The number of nitrogens with one attached hydrogen (secondary N) is 1. The molecule has 1 aromatic carbocycles. The number of benzene rings is 1. The Morgan fingerprint density at radius 3 is 2.62 bits per heavy atom. The van der Waals surface area contributed by atoms with Crippen LogP contribution in [0.2, 0.25) is 0 Å². The predicted octanol–water partition coefficient (Wildman–Crippen LogP) is 1.48. The fourth-order valence-corrected chi connectivity index (χ4v) is 1.56. The van der Waals surface area contributed by atoms with Gasteiger partial charge in [0.05, 0.1) is 6.10 Å². The van der Waals surface area contributed by atoms with Crippen molar-refractivity contribution in [1.82, 2.24) is 5.32 Å². The third-order valence-electron chi connectivity index (χ3n) is 2.48. The first-order valence-corrected chi connectivity index (χ1v) is 5.85. The third-order valence-corrected chi connectivity index (χ3v) is 2.48. The highest BCUT2D eigenvalue weighted by Crippen LogP contribution is 2.10. The Kier molecular flexibility index (Phi) is 5.90. The summed E-state index contributed by atoms with van der Waals surface area (Å²) in [6.07, 6.45) is 0.824. The number of nitrogens with zero attached hydrogens (tertiary/aromatic N) is 1. The summed E-state index contributed by atoms with van der Waals surface area (Å²) in [4.78, 5) is 2.24. The monoisotopic (exact) mass is 222 g/mol. The molecule has 0 aliphatic rings. The second kappa shape index (κ2) is 7.25. The first-order chi connectivity index (χ1) is 7.70. The lowest BCUT2D eigenvalue weighted by molar-refractivity contribution is 0.191. The van der Waals surface area contributed by atoms with Crippen molar-refractivity contribution in [3.05, 3.63) is 30.3 Å². The normalized spacial score (nSPS) is 12.4. The van der Waals surface area contributed by atoms with Crippen molar-refractivity contribution < 1.29 is 5.11 Å². The van der Waals surface area contributed by atoms with Crippen LogP contribution in [-0.2, 0) is 0 Å². The zero-order valence-electron chi connectivity index (χ0n) is 10.2. The summed E-state index contributed by atoms with van der Waals surface area (Å²) in [6, 6.07) is 10.4. The average molecular weight is 222 g/mol. The standard InChI is InChI=1S/C13H22N2O/c1-12(16)11-14-9-6-10-15(2)13-7-4-3-5-8-13/h3-5,7-8,12,14,16H,6,9-11H2,1-2H3. The number of hydrogen-bond acceptors (Lipinski definition) is 3. The van der Waals surface area contributed by atoms with Gasteiger partial charge in [0.2, 0.25) is 0 Å². The Bertz CT molecular complexity index is 275. The van der Waals surface area contributed by atoms with Gasteiger partial charge in [-0.05, 0) is 32.0 Å². The average Bonchev–Trinajstić information content (AvgIpc) is 2.29. The Morgan fingerprint density at radius 2 is 2.00 bits per heavy atom. The maximum atomic E-state index is 9.07. The second-order valence-electron chi connectivity index (χ2n) is 4.16. The third kappa shape index (κ3) is 5.14. The molecule has 90 valence electrons. The van der Waals surface area contributed by atoms with Crippen LogP contribution in [0, 0.1) is 0 Å². The van der Waals surface area contributed by atoms with E-state index in [1.807, 2.05) is 6.07 Å². The summed E-state index contributed by atoms with van der Waals surface area (Å²) in [5, 5.41) is 12.3. The minimum absolute atomic E-state index is 0.258. The van der Waals surface area contributed by atoms with Crippen molar-refractivity contribution in [2.75, 3.05) is 31.6 Å². The molecule has 0 spiro atoms. The molecule has 1 aromatic rings. The van der Waals surface area contributed by atoms with Crippen molar-refractivity contribution in [2.24, 2.45) is 0 Å². The molecule has 0 aliphatic heterocycles. The highest BCUT2D eigenvalue weighted by Gasteiger charge is 1.99. The SMILES string of the molecule is CC(O)CNCCCN(C)c1ccccc1. The van der Waals surface area contributed by atoms with E-state index in [1.165, 1.54) is 5.69 Å². The molecule has 0 saturated carbocycles. The topological polar surface area (TPSA) is 35.5 Å². The van der Waals surface area contributed by atoms with Crippen LogP contribution in [0.4, 0.5) is 5.69 Å². The summed E-state index contributed by atoms with van der Waals surface area (Å²) in [5.74, 6) is 0. The minimum Gasteiger partial charge on any atom is -0.392 e. The highest BCUT2D eigenvalue weighted by atomic mass is 16.3. The van der Waals surface area contributed by atoms with Gasteiger partial charge in [-0.3, -0.25) is 0 Å². The first-order valence-electron chi connectivity index (χ1n) is 5.85. The summed E-state index contributed by atoms with van der Waals surface area (Å²) in [5.41, 5.74) is 1.25. The molecule has 16 heavy (non-hydrogen) atoms. The smallest absolute Gasteiger partial charge is 0.0636 e. The molecule has 0 saturated heterocycles. The van der Waals surface area contributed by atoms with E-state index in [4.69, 9.17) is 5.11 Å². The Labute approximate surface area is 98.1 Å². The molecule has 0 radical (unpaired) electrons. The second-order valence-corrected chi connectivity index (χ2v) is 4.16. The number of aliphatic hydroxyl groups excluding tert-OH is 1. The fourth-order valence-electron chi connectivity index (χ4n) is 1.56. The molecule has 1 rings (SSSR count). The van der Waals surface area contributed by atoms with Crippen LogP contribution in [0.3, 0.4) is 0 Å². The summed E-state index contributed by atoms with van der Waals surface area (Å²) < 4.78 is 0. The van der Waals surface area contributed by atoms with Gasteiger partial charge in [0, 0.05) is 25.8 Å². The zero-order chi connectivity index (χ0) is 11.8. The number of aliphatic hydroxyl groups is 1. The molecule has 0 aromatic heterocycles. The van der Waals surface area contributed by atoms with Crippen molar-refractivity contribution in [3.63, 3.8) is 0 Å². The van der Waals surface area contributed by atoms with Crippen LogP contribution in [-0.4, -0.2) is 37.9 Å². The van der Waals surface area contributed by atoms with E-state index < -0.39 is 0 Å². The quantitative estimate of drug-likeness (QED) is 0.686. The molecule has 1 atom stereocenters. The number of rotatable bonds is 7. The van der Waals surface area contributed by atoms with Crippen molar-refractivity contribution >= 4 is 5.69 Å². The molecule has 0 aliphatic carbocycles. The van der Waals surface area contributed by atoms with Gasteiger partial charge in [0.1, 0.15) is 0 Å². The van der Waals surface area contributed by atoms with E-state index in [9.17, 15) is 0 Å².